The molecule has 0 saturated carbocycles. The zero-order valence-corrected chi connectivity index (χ0v) is 16.1. The Balaban J connectivity index is 1.78. The van der Waals surface area contributed by atoms with Crippen molar-refractivity contribution in [2.75, 3.05) is 32.2 Å². The van der Waals surface area contributed by atoms with E-state index in [0.717, 1.165) is 12.0 Å². The molecule has 6 nitrogen and oxygen atoms in total. The highest BCUT2D eigenvalue weighted by Gasteiger charge is 2.26. The van der Waals surface area contributed by atoms with Crippen molar-refractivity contribution < 1.29 is 22.7 Å². The average molecular weight is 386 g/mol. The van der Waals surface area contributed by atoms with E-state index in [2.05, 4.69) is 4.74 Å². The molecule has 1 aromatic carbocycles. The Bertz CT molecular complexity index is 715. The van der Waals surface area contributed by atoms with Crippen LogP contribution in [0.2, 0.25) is 0 Å². The fourth-order valence-electron chi connectivity index (χ4n) is 2.65. The van der Waals surface area contributed by atoms with E-state index in [0.29, 0.717) is 31.7 Å². The number of carbonyl (C=O) groups excluding carboxylic acids is 2. The van der Waals surface area contributed by atoms with Crippen molar-refractivity contribution in [2.24, 2.45) is 0 Å². The summed E-state index contributed by atoms with van der Waals surface area (Å²) in [6, 6.07) is 6.65. The van der Waals surface area contributed by atoms with Gasteiger partial charge >= 0.3 is 5.97 Å². The van der Waals surface area contributed by atoms with Gasteiger partial charge in [0.25, 0.3) is 0 Å². The fourth-order valence-corrected chi connectivity index (χ4v) is 4.33. The number of carbonyl (C=O) groups is 2. The van der Waals surface area contributed by atoms with E-state index in [1.165, 1.54) is 25.1 Å². The molecule has 0 aromatic heterocycles. The molecule has 0 aliphatic carbocycles. The lowest BCUT2D eigenvalue weighted by Crippen LogP contribution is -2.29. The van der Waals surface area contributed by atoms with Gasteiger partial charge in [-0.1, -0.05) is 12.1 Å². The summed E-state index contributed by atoms with van der Waals surface area (Å²) in [7, 11) is -1.82. The first kappa shape index (κ1) is 19.8. The molecule has 0 bridgehead atoms. The van der Waals surface area contributed by atoms with Crippen LogP contribution in [0.3, 0.4) is 0 Å². The molecule has 0 spiro atoms. The van der Waals surface area contributed by atoms with E-state index < -0.39 is 9.84 Å². The lowest BCUT2D eigenvalue weighted by Gasteiger charge is -2.16. The predicted octanol–water partition coefficient (Wildman–Crippen LogP) is 1.53. The third kappa shape index (κ3) is 6.04. The molecular formula is C17H23NO5S2. The first-order chi connectivity index (χ1) is 11.8. The van der Waals surface area contributed by atoms with E-state index >= 15 is 0 Å². The Labute approximate surface area is 152 Å². The minimum Gasteiger partial charge on any atom is -0.468 e. The van der Waals surface area contributed by atoms with Crippen LogP contribution in [-0.4, -0.2) is 62.7 Å². The lowest BCUT2D eigenvalue weighted by atomic mass is 10.1. The van der Waals surface area contributed by atoms with Crippen LogP contribution in [0.5, 0.6) is 0 Å². The Morgan fingerprint density at radius 3 is 2.56 bits per heavy atom. The second-order valence-corrected chi connectivity index (χ2v) is 9.36. The van der Waals surface area contributed by atoms with E-state index in [1.54, 1.807) is 24.3 Å². The highest BCUT2D eigenvalue weighted by molar-refractivity contribution is 8.00. The van der Waals surface area contributed by atoms with Crippen LogP contribution in [0, 0.1) is 0 Å². The summed E-state index contributed by atoms with van der Waals surface area (Å²) in [6.45, 7) is 1.37. The number of amides is 1. The number of thioether (sulfide) groups is 1. The summed E-state index contributed by atoms with van der Waals surface area (Å²) in [5.41, 5.74) is 0.941. The topological polar surface area (TPSA) is 80.8 Å². The number of ether oxygens (including phenoxy) is 1. The van der Waals surface area contributed by atoms with Crippen LogP contribution in [-0.2, 0) is 30.6 Å². The number of methoxy groups -OCH3 is 1. The summed E-state index contributed by atoms with van der Waals surface area (Å²) < 4.78 is 27.5. The number of nitrogens with zero attached hydrogens (tertiary/aromatic N) is 1. The number of likely N-dealkylation sites (tertiary alicyclic amines) is 1. The number of rotatable bonds is 7. The molecule has 0 radical (unpaired) electrons. The molecule has 25 heavy (non-hydrogen) atoms. The molecule has 1 aromatic rings. The van der Waals surface area contributed by atoms with Gasteiger partial charge in [-0.05, 0) is 30.5 Å². The van der Waals surface area contributed by atoms with Gasteiger partial charge in [0.05, 0.1) is 17.8 Å². The van der Waals surface area contributed by atoms with Crippen molar-refractivity contribution in [1.29, 1.82) is 0 Å². The molecule has 1 fully saturated rings. The summed E-state index contributed by atoms with van der Waals surface area (Å²) in [5, 5.41) is 0.275. The number of aryl methyl sites for hydroxylation is 1. The Morgan fingerprint density at radius 1 is 1.28 bits per heavy atom. The predicted molar refractivity (Wildman–Crippen MR) is 97.3 cm³/mol. The molecule has 2 rings (SSSR count). The molecule has 1 aliphatic rings. The minimum absolute atomic E-state index is 0.0911. The van der Waals surface area contributed by atoms with Gasteiger partial charge in [-0.15, -0.1) is 11.8 Å². The van der Waals surface area contributed by atoms with Gasteiger partial charge in [-0.2, -0.15) is 0 Å². The smallest absolute Gasteiger partial charge is 0.315 e. The van der Waals surface area contributed by atoms with E-state index in [4.69, 9.17) is 0 Å². The van der Waals surface area contributed by atoms with Crippen LogP contribution >= 0.6 is 11.8 Å². The van der Waals surface area contributed by atoms with Crippen molar-refractivity contribution >= 4 is 33.5 Å². The summed E-state index contributed by atoms with van der Waals surface area (Å²) in [6.07, 6.45) is 3.04. The maximum absolute atomic E-state index is 12.3. The SMILES string of the molecule is COC(=O)CSC1CCN(C(=O)CCc2ccc(S(C)(=O)=O)cc2)C1. The van der Waals surface area contributed by atoms with Gasteiger partial charge in [0.2, 0.25) is 5.91 Å². The molecular weight excluding hydrogens is 362 g/mol. The van der Waals surface area contributed by atoms with Gasteiger partial charge < -0.3 is 9.64 Å². The molecule has 1 heterocycles. The molecule has 1 aliphatic heterocycles. The maximum atomic E-state index is 12.3. The Morgan fingerprint density at radius 2 is 1.96 bits per heavy atom. The number of hydrogen-bond acceptors (Lipinski definition) is 6. The highest BCUT2D eigenvalue weighted by atomic mass is 32.2. The van der Waals surface area contributed by atoms with Crippen LogP contribution in [0.4, 0.5) is 0 Å². The number of benzene rings is 1. The van der Waals surface area contributed by atoms with E-state index in [-0.39, 0.29) is 22.0 Å². The Hall–Kier alpha value is -1.54. The zero-order valence-electron chi connectivity index (χ0n) is 14.4. The third-order valence-corrected chi connectivity index (χ3v) is 6.53. The molecule has 138 valence electrons. The van der Waals surface area contributed by atoms with Gasteiger partial charge in [-0.3, -0.25) is 9.59 Å². The molecule has 8 heteroatoms. The zero-order chi connectivity index (χ0) is 18.4. The molecule has 1 saturated heterocycles. The number of sulfone groups is 1. The van der Waals surface area contributed by atoms with Crippen molar-refractivity contribution in [3.05, 3.63) is 29.8 Å². The molecule has 1 unspecified atom stereocenters. The first-order valence-electron chi connectivity index (χ1n) is 8.05. The fraction of sp³-hybridized carbons (Fsp3) is 0.529. The average Bonchev–Trinajstić information content (AvgIpc) is 3.06. The first-order valence-corrected chi connectivity index (χ1v) is 11.0. The second kappa shape index (κ2) is 8.71. The van der Waals surface area contributed by atoms with Gasteiger partial charge in [0.1, 0.15) is 0 Å². The van der Waals surface area contributed by atoms with Gasteiger partial charge in [0, 0.05) is 31.0 Å². The van der Waals surface area contributed by atoms with Crippen LogP contribution < -0.4 is 0 Å². The van der Waals surface area contributed by atoms with Crippen molar-refractivity contribution in [2.45, 2.75) is 29.4 Å². The molecule has 0 N–H and O–H groups in total. The third-order valence-electron chi connectivity index (χ3n) is 4.14. The van der Waals surface area contributed by atoms with Gasteiger partial charge in [-0.25, -0.2) is 8.42 Å². The highest BCUT2D eigenvalue weighted by Crippen LogP contribution is 2.23. The molecule has 1 atom stereocenters. The molecule has 1 amide bonds. The van der Waals surface area contributed by atoms with Crippen LogP contribution in [0.1, 0.15) is 18.4 Å². The lowest BCUT2D eigenvalue weighted by molar-refractivity contribution is -0.137. The van der Waals surface area contributed by atoms with Crippen molar-refractivity contribution in [3.63, 3.8) is 0 Å². The second-order valence-electron chi connectivity index (χ2n) is 6.05. The van der Waals surface area contributed by atoms with Crippen molar-refractivity contribution in [1.82, 2.24) is 4.90 Å². The van der Waals surface area contributed by atoms with Gasteiger partial charge in [0.15, 0.2) is 9.84 Å². The number of esters is 1. The van der Waals surface area contributed by atoms with E-state index in [1.807, 2.05) is 4.90 Å². The normalized spacial score (nSPS) is 17.5. The summed E-state index contributed by atoms with van der Waals surface area (Å²) in [4.78, 5) is 25.6. The summed E-state index contributed by atoms with van der Waals surface area (Å²) >= 11 is 1.53. The largest absolute Gasteiger partial charge is 0.468 e. The number of hydrogen-bond donors (Lipinski definition) is 0. The summed E-state index contributed by atoms with van der Waals surface area (Å²) in [5.74, 6) is 0.163. The minimum atomic E-state index is -3.19. The standard InChI is InChI=1S/C17H23NO5S2/c1-23-17(20)12-24-14-9-10-18(11-14)16(19)8-5-13-3-6-15(7-4-13)25(2,21)22/h3-4,6-7,14H,5,8-12H2,1-2H3. The maximum Gasteiger partial charge on any atom is 0.315 e. The Kier molecular flexibility index (Phi) is 6.89. The van der Waals surface area contributed by atoms with Crippen LogP contribution in [0.15, 0.2) is 29.2 Å². The van der Waals surface area contributed by atoms with E-state index in [9.17, 15) is 18.0 Å². The van der Waals surface area contributed by atoms with Crippen LogP contribution in [0.25, 0.3) is 0 Å². The van der Waals surface area contributed by atoms with Crippen molar-refractivity contribution in [3.8, 4) is 0 Å². The quantitative estimate of drug-likeness (QED) is 0.662. The monoisotopic (exact) mass is 385 g/mol.